The average Bonchev–Trinajstić information content (AvgIpc) is 3.07. The Hall–Kier alpha value is -1.99. The third kappa shape index (κ3) is 6.07. The molecule has 1 fully saturated rings. The molecule has 10 nitrogen and oxygen atoms in total. The first-order valence-electron chi connectivity index (χ1n) is 7.83. The van der Waals surface area contributed by atoms with Crippen molar-refractivity contribution in [2.24, 2.45) is 5.16 Å². The summed E-state index contributed by atoms with van der Waals surface area (Å²) in [6.45, 7) is -0.506. The Kier molecular flexibility index (Phi) is 7.54. The predicted molar refractivity (Wildman–Crippen MR) is 91.3 cm³/mol. The van der Waals surface area contributed by atoms with E-state index in [9.17, 15) is 14.6 Å². The number of hydrogen-bond donors (Lipinski definition) is 5. The maximum Gasteiger partial charge on any atom is 0.478 e. The molecule has 0 bridgehead atoms. The van der Waals surface area contributed by atoms with Crippen molar-refractivity contribution in [1.82, 2.24) is 5.32 Å². The van der Waals surface area contributed by atoms with Gasteiger partial charge in [-0.3, -0.25) is 9.59 Å². The molecule has 1 amide bonds. The largest absolute Gasteiger partial charge is 0.481 e. The SMILES string of the molecule is O=C(O)C[C@@H]1CC[C@H](NC(=O)/C(=N\OCC(O)O)c2cccs2)B(O)O1. The van der Waals surface area contributed by atoms with Crippen molar-refractivity contribution in [3.05, 3.63) is 22.4 Å². The molecule has 0 saturated carbocycles. The smallest absolute Gasteiger partial charge is 0.478 e. The summed E-state index contributed by atoms with van der Waals surface area (Å²) in [7, 11) is -1.35. The molecule has 1 aliphatic rings. The van der Waals surface area contributed by atoms with Gasteiger partial charge in [-0.05, 0) is 24.3 Å². The highest BCUT2D eigenvalue weighted by Crippen LogP contribution is 2.19. The molecule has 1 aromatic heterocycles. The van der Waals surface area contributed by atoms with E-state index in [0.717, 1.165) is 0 Å². The second kappa shape index (κ2) is 9.64. The minimum absolute atomic E-state index is 0.0829. The molecule has 0 aromatic carbocycles. The summed E-state index contributed by atoms with van der Waals surface area (Å²) in [5, 5.41) is 44.3. The summed E-state index contributed by atoms with van der Waals surface area (Å²) in [6, 6.07) is 3.34. The van der Waals surface area contributed by atoms with Crippen molar-refractivity contribution in [2.75, 3.05) is 6.61 Å². The van der Waals surface area contributed by atoms with Crippen LogP contribution in [0, 0.1) is 0 Å². The number of oxime groups is 1. The Morgan fingerprint density at radius 3 is 2.81 bits per heavy atom. The number of carbonyl (C=O) groups is 2. The van der Waals surface area contributed by atoms with Crippen molar-refractivity contribution in [2.45, 2.75) is 37.6 Å². The van der Waals surface area contributed by atoms with Crippen LogP contribution < -0.4 is 5.32 Å². The number of thiophene rings is 1. The van der Waals surface area contributed by atoms with Crippen molar-refractivity contribution >= 4 is 36.0 Å². The predicted octanol–water partition coefficient (Wildman–Crippen LogP) is -1.06. The zero-order valence-corrected chi connectivity index (χ0v) is 14.5. The molecule has 0 aliphatic carbocycles. The van der Waals surface area contributed by atoms with Gasteiger partial charge in [0.1, 0.15) is 0 Å². The third-order valence-corrected chi connectivity index (χ3v) is 4.42. The average molecular weight is 386 g/mol. The van der Waals surface area contributed by atoms with Crippen LogP contribution in [0.1, 0.15) is 24.1 Å². The maximum absolute atomic E-state index is 12.5. The number of amides is 1. The molecule has 2 atom stereocenters. The number of rotatable bonds is 8. The number of hydrogen-bond acceptors (Lipinski definition) is 9. The number of aliphatic carboxylic acids is 1. The van der Waals surface area contributed by atoms with Gasteiger partial charge in [-0.1, -0.05) is 11.2 Å². The van der Waals surface area contributed by atoms with Crippen LogP contribution in [0.15, 0.2) is 22.7 Å². The molecule has 12 heteroatoms. The number of carboxylic acids is 1. The Morgan fingerprint density at radius 2 is 2.23 bits per heavy atom. The lowest BCUT2D eigenvalue weighted by Gasteiger charge is -2.30. The maximum atomic E-state index is 12.5. The van der Waals surface area contributed by atoms with E-state index in [0.29, 0.717) is 17.7 Å². The van der Waals surface area contributed by atoms with Crippen LogP contribution in [0.2, 0.25) is 0 Å². The Bertz CT molecular complexity index is 639. The van der Waals surface area contributed by atoms with Gasteiger partial charge >= 0.3 is 13.1 Å². The highest BCUT2D eigenvalue weighted by atomic mass is 32.1. The summed E-state index contributed by atoms with van der Waals surface area (Å²) in [4.78, 5) is 28.4. The summed E-state index contributed by atoms with van der Waals surface area (Å²) in [5.41, 5.74) is -0.0829. The number of aliphatic hydroxyl groups is 2. The van der Waals surface area contributed by atoms with Gasteiger partial charge < -0.3 is 35.2 Å². The first kappa shape index (κ1) is 20.3. The first-order chi connectivity index (χ1) is 12.4. The van der Waals surface area contributed by atoms with E-state index in [2.05, 4.69) is 10.5 Å². The van der Waals surface area contributed by atoms with E-state index >= 15 is 0 Å². The van der Waals surface area contributed by atoms with Crippen LogP contribution in [-0.4, -0.2) is 70.0 Å². The monoisotopic (exact) mass is 386 g/mol. The quantitative estimate of drug-likeness (QED) is 0.164. The van der Waals surface area contributed by atoms with Crippen LogP contribution in [0.3, 0.4) is 0 Å². The highest BCUT2D eigenvalue weighted by Gasteiger charge is 2.37. The van der Waals surface area contributed by atoms with Gasteiger partial charge in [0.15, 0.2) is 18.6 Å². The van der Waals surface area contributed by atoms with Crippen molar-refractivity contribution < 1.29 is 39.4 Å². The summed E-state index contributed by atoms with van der Waals surface area (Å²) in [6.07, 6.45) is -1.87. The Balaban J connectivity index is 1.99. The summed E-state index contributed by atoms with van der Waals surface area (Å²) < 4.78 is 5.22. The van der Waals surface area contributed by atoms with Gasteiger partial charge in [-0.25, -0.2) is 0 Å². The fourth-order valence-electron chi connectivity index (χ4n) is 2.37. The van der Waals surface area contributed by atoms with Gasteiger partial charge in [0.25, 0.3) is 5.91 Å². The number of carbonyl (C=O) groups excluding carboxylic acids is 1. The van der Waals surface area contributed by atoms with Crippen molar-refractivity contribution in [3.8, 4) is 0 Å². The van der Waals surface area contributed by atoms with E-state index in [1.54, 1.807) is 17.5 Å². The molecule has 2 heterocycles. The molecule has 0 spiro atoms. The molecular weight excluding hydrogens is 367 g/mol. The normalized spacial score (nSPS) is 20.9. The third-order valence-electron chi connectivity index (χ3n) is 3.54. The molecule has 1 aliphatic heterocycles. The second-order valence-electron chi connectivity index (χ2n) is 5.60. The Morgan fingerprint density at radius 1 is 1.46 bits per heavy atom. The minimum atomic E-state index is -1.73. The van der Waals surface area contributed by atoms with Gasteiger partial charge in [0.2, 0.25) is 0 Å². The minimum Gasteiger partial charge on any atom is -0.481 e. The van der Waals surface area contributed by atoms with Crippen LogP contribution in [0.5, 0.6) is 0 Å². The van der Waals surface area contributed by atoms with Crippen LogP contribution in [0.4, 0.5) is 0 Å². The molecule has 2 rings (SSSR count). The number of carboxylic acid groups (broad SMARTS) is 1. The van der Waals surface area contributed by atoms with Gasteiger partial charge in [0.05, 0.1) is 23.3 Å². The number of nitrogens with zero attached hydrogens (tertiary/aromatic N) is 1. The topological polar surface area (TPSA) is 158 Å². The van der Waals surface area contributed by atoms with Crippen LogP contribution in [-0.2, 0) is 19.1 Å². The van der Waals surface area contributed by atoms with E-state index in [4.69, 9.17) is 24.8 Å². The molecule has 1 aromatic rings. The lowest BCUT2D eigenvalue weighted by molar-refractivity contribution is -0.139. The lowest BCUT2D eigenvalue weighted by Crippen LogP contribution is -2.54. The zero-order valence-electron chi connectivity index (χ0n) is 13.6. The highest BCUT2D eigenvalue weighted by molar-refractivity contribution is 7.13. The molecule has 142 valence electrons. The first-order valence-corrected chi connectivity index (χ1v) is 8.71. The Labute approximate surface area is 153 Å². The van der Waals surface area contributed by atoms with E-state index < -0.39 is 43.9 Å². The van der Waals surface area contributed by atoms with Gasteiger partial charge in [-0.15, -0.1) is 11.3 Å². The fraction of sp³-hybridized carbons (Fsp3) is 0.500. The summed E-state index contributed by atoms with van der Waals surface area (Å²) in [5.74, 6) is -2.40. The molecule has 5 N–H and O–H groups in total. The standard InChI is InChI=1S/C14H19BN2O8S/c18-11(19)6-8-3-4-10(15(23)25-8)16-14(22)13(9-2-1-5-26-9)17-24-7-12(20)21/h1-2,5,8,10,12,20-21,23H,3-4,6-7H2,(H,16,22)(H,18,19)/b17-13-/t8-,10-/m0/s1. The van der Waals surface area contributed by atoms with E-state index in [-0.39, 0.29) is 12.1 Å². The number of aliphatic hydroxyl groups excluding tert-OH is 1. The number of nitrogens with one attached hydrogen (secondary N) is 1. The van der Waals surface area contributed by atoms with Gasteiger partial charge in [-0.2, -0.15) is 0 Å². The van der Waals surface area contributed by atoms with Gasteiger partial charge in [0, 0.05) is 0 Å². The molecular formula is C14H19BN2O8S. The molecule has 26 heavy (non-hydrogen) atoms. The second-order valence-corrected chi connectivity index (χ2v) is 6.55. The van der Waals surface area contributed by atoms with Crippen LogP contribution in [0.25, 0.3) is 0 Å². The molecule has 0 radical (unpaired) electrons. The molecule has 0 unspecified atom stereocenters. The van der Waals surface area contributed by atoms with E-state index in [1.807, 2.05) is 0 Å². The molecule has 1 saturated heterocycles. The zero-order chi connectivity index (χ0) is 19.1. The van der Waals surface area contributed by atoms with E-state index in [1.165, 1.54) is 11.3 Å². The van der Waals surface area contributed by atoms with Crippen LogP contribution >= 0.6 is 11.3 Å². The van der Waals surface area contributed by atoms with Crippen molar-refractivity contribution in [3.63, 3.8) is 0 Å². The van der Waals surface area contributed by atoms with Crippen molar-refractivity contribution in [1.29, 1.82) is 0 Å². The lowest BCUT2D eigenvalue weighted by atomic mass is 9.72. The fourth-order valence-corrected chi connectivity index (χ4v) is 3.08. The summed E-state index contributed by atoms with van der Waals surface area (Å²) >= 11 is 1.23.